The second-order valence-electron chi connectivity index (χ2n) is 10.9. The number of nitrogens with zero attached hydrogens (tertiary/aromatic N) is 2. The lowest BCUT2D eigenvalue weighted by Gasteiger charge is -2.19. The van der Waals surface area contributed by atoms with E-state index in [9.17, 15) is 0 Å². The van der Waals surface area contributed by atoms with Gasteiger partial charge in [0.25, 0.3) is 0 Å². The molecule has 2 aromatic heterocycles. The van der Waals surface area contributed by atoms with E-state index in [1.807, 2.05) is 24.5 Å². The van der Waals surface area contributed by atoms with Crippen LogP contribution in [-0.2, 0) is 0 Å². The molecule has 0 bridgehead atoms. The van der Waals surface area contributed by atoms with Crippen LogP contribution in [0.5, 0.6) is 0 Å². The minimum Gasteiger partial charge on any atom is -0.265 e. The monoisotopic (exact) mass is 532 g/mol. The summed E-state index contributed by atoms with van der Waals surface area (Å²) in [6, 6.07) is 48.2. The van der Waals surface area contributed by atoms with Crippen LogP contribution in [0.1, 0.15) is 0 Å². The molecule has 0 saturated heterocycles. The van der Waals surface area contributed by atoms with Crippen molar-refractivity contribution >= 4 is 32.3 Å². The third-order valence-electron chi connectivity index (χ3n) is 8.73. The zero-order valence-corrected chi connectivity index (χ0v) is 22.8. The Hall–Kier alpha value is -5.60. The van der Waals surface area contributed by atoms with Gasteiger partial charge in [0.05, 0.1) is 11.4 Å². The summed E-state index contributed by atoms with van der Waals surface area (Å²) in [5, 5.41) is 7.52. The minimum atomic E-state index is 0.944. The Labute approximate surface area is 243 Å². The minimum absolute atomic E-state index is 0.944. The molecule has 9 rings (SSSR count). The molecule has 0 aliphatic heterocycles. The van der Waals surface area contributed by atoms with E-state index >= 15 is 0 Å². The Kier molecular flexibility index (Phi) is 4.93. The lowest BCUT2D eigenvalue weighted by atomic mass is 9.85. The number of aromatic nitrogens is 2. The summed E-state index contributed by atoms with van der Waals surface area (Å²) in [4.78, 5) is 9.38. The molecule has 0 atom stereocenters. The highest BCUT2D eigenvalue weighted by Crippen LogP contribution is 2.51. The first-order valence-electron chi connectivity index (χ1n) is 14.3. The van der Waals surface area contributed by atoms with Crippen molar-refractivity contribution in [1.82, 2.24) is 9.97 Å². The maximum atomic E-state index is 5.19. The third kappa shape index (κ3) is 3.27. The van der Waals surface area contributed by atoms with E-state index in [4.69, 9.17) is 4.98 Å². The predicted molar refractivity (Wildman–Crippen MR) is 175 cm³/mol. The molecular weight excluding hydrogens is 508 g/mol. The molecule has 2 nitrogen and oxygen atoms in total. The first kappa shape index (κ1) is 23.1. The Morgan fingerprint density at radius 3 is 1.52 bits per heavy atom. The van der Waals surface area contributed by atoms with Gasteiger partial charge in [-0.1, -0.05) is 109 Å². The smallest absolute Gasteiger partial charge is 0.0722 e. The summed E-state index contributed by atoms with van der Waals surface area (Å²) in [5.41, 5.74) is 12.0. The van der Waals surface area contributed by atoms with Crippen LogP contribution in [0.4, 0.5) is 0 Å². The molecule has 2 heteroatoms. The zero-order valence-electron chi connectivity index (χ0n) is 22.8. The van der Waals surface area contributed by atoms with E-state index in [-0.39, 0.29) is 0 Å². The Balaban J connectivity index is 1.37. The summed E-state index contributed by atoms with van der Waals surface area (Å²) in [5.74, 6) is 0. The molecule has 194 valence electrons. The normalized spacial score (nSPS) is 11.8. The first-order valence-corrected chi connectivity index (χ1v) is 14.3. The van der Waals surface area contributed by atoms with E-state index in [0.717, 1.165) is 17.0 Å². The molecule has 0 radical (unpaired) electrons. The third-order valence-corrected chi connectivity index (χ3v) is 8.73. The van der Waals surface area contributed by atoms with E-state index in [0.29, 0.717) is 0 Å². The zero-order chi connectivity index (χ0) is 27.6. The van der Waals surface area contributed by atoms with Crippen LogP contribution in [0, 0.1) is 0 Å². The second-order valence-corrected chi connectivity index (χ2v) is 10.9. The number of hydrogen-bond donors (Lipinski definition) is 0. The standard InChI is InChI=1S/C40H24N2/c1-2-10-27-26(9-1)28-15-7-16-31-35(20-19-34(27)38(28)31)39-29-11-3-5-13-32(29)40(33-14-6-4-12-30(33)39)37-18-8-17-36(42-37)25-21-23-41-24-22-25/h1-24H. The second kappa shape index (κ2) is 8.95. The van der Waals surface area contributed by atoms with Crippen molar-refractivity contribution in [2.45, 2.75) is 0 Å². The summed E-state index contributed by atoms with van der Waals surface area (Å²) >= 11 is 0. The molecule has 0 N–H and O–H groups in total. The molecule has 1 aliphatic rings. The largest absolute Gasteiger partial charge is 0.265 e. The molecule has 2 heterocycles. The highest BCUT2D eigenvalue weighted by atomic mass is 14.7. The Morgan fingerprint density at radius 2 is 0.833 bits per heavy atom. The van der Waals surface area contributed by atoms with Crippen molar-refractivity contribution in [3.63, 3.8) is 0 Å². The van der Waals surface area contributed by atoms with Crippen LogP contribution in [0.2, 0.25) is 0 Å². The topological polar surface area (TPSA) is 25.8 Å². The molecule has 42 heavy (non-hydrogen) atoms. The van der Waals surface area contributed by atoms with Crippen LogP contribution >= 0.6 is 0 Å². The highest BCUT2D eigenvalue weighted by Gasteiger charge is 2.24. The lowest BCUT2D eigenvalue weighted by molar-refractivity contribution is 1.29. The summed E-state index contributed by atoms with van der Waals surface area (Å²) in [7, 11) is 0. The fourth-order valence-electron chi connectivity index (χ4n) is 6.98. The Morgan fingerprint density at radius 1 is 0.333 bits per heavy atom. The molecule has 0 spiro atoms. The lowest BCUT2D eigenvalue weighted by Crippen LogP contribution is -1.94. The van der Waals surface area contributed by atoms with Crippen molar-refractivity contribution in [3.05, 3.63) is 146 Å². The maximum absolute atomic E-state index is 5.19. The van der Waals surface area contributed by atoms with Gasteiger partial charge in [0.15, 0.2) is 0 Å². The SMILES string of the molecule is c1cc(-c2ccncc2)nc(-c2c3ccccc3c(-c3ccc4c5c(cccc35)-c3ccccc3-4)c3ccccc23)c1. The van der Waals surface area contributed by atoms with Crippen molar-refractivity contribution in [2.24, 2.45) is 0 Å². The van der Waals surface area contributed by atoms with Crippen LogP contribution in [0.15, 0.2) is 146 Å². The van der Waals surface area contributed by atoms with Crippen molar-refractivity contribution < 1.29 is 0 Å². The van der Waals surface area contributed by atoms with Gasteiger partial charge in [-0.25, -0.2) is 4.98 Å². The van der Waals surface area contributed by atoms with E-state index in [1.54, 1.807) is 0 Å². The van der Waals surface area contributed by atoms with E-state index < -0.39 is 0 Å². The van der Waals surface area contributed by atoms with Gasteiger partial charge < -0.3 is 0 Å². The molecule has 8 aromatic rings. The molecule has 0 unspecified atom stereocenters. The summed E-state index contributed by atoms with van der Waals surface area (Å²) < 4.78 is 0. The van der Waals surface area contributed by atoms with Crippen molar-refractivity contribution in [1.29, 1.82) is 0 Å². The average Bonchev–Trinajstić information content (AvgIpc) is 3.39. The molecule has 1 aliphatic carbocycles. The molecule has 0 amide bonds. The Bertz CT molecular complexity index is 2270. The van der Waals surface area contributed by atoms with Crippen LogP contribution in [0.3, 0.4) is 0 Å². The average molecular weight is 533 g/mol. The van der Waals surface area contributed by atoms with Gasteiger partial charge in [0, 0.05) is 23.5 Å². The molecule has 6 aromatic carbocycles. The number of fused-ring (bicyclic) bond motifs is 5. The summed E-state index contributed by atoms with van der Waals surface area (Å²) in [6.45, 7) is 0. The van der Waals surface area contributed by atoms with Gasteiger partial charge in [-0.05, 0) is 90.0 Å². The quantitative estimate of drug-likeness (QED) is 0.212. The molecule has 0 saturated carbocycles. The number of hydrogen-bond acceptors (Lipinski definition) is 2. The van der Waals surface area contributed by atoms with Gasteiger partial charge in [-0.2, -0.15) is 0 Å². The fourth-order valence-corrected chi connectivity index (χ4v) is 6.98. The van der Waals surface area contributed by atoms with E-state index in [2.05, 4.69) is 126 Å². The maximum Gasteiger partial charge on any atom is 0.0722 e. The first-order chi connectivity index (χ1) is 20.9. The van der Waals surface area contributed by atoms with Crippen LogP contribution in [0.25, 0.3) is 88.2 Å². The van der Waals surface area contributed by atoms with Gasteiger partial charge in [-0.15, -0.1) is 0 Å². The van der Waals surface area contributed by atoms with Gasteiger partial charge >= 0.3 is 0 Å². The fraction of sp³-hybridized carbons (Fsp3) is 0. The summed E-state index contributed by atoms with van der Waals surface area (Å²) in [6.07, 6.45) is 3.64. The number of rotatable bonds is 3. The van der Waals surface area contributed by atoms with Gasteiger partial charge in [-0.3, -0.25) is 4.98 Å². The molecule has 0 fully saturated rings. The van der Waals surface area contributed by atoms with Crippen LogP contribution in [-0.4, -0.2) is 9.97 Å². The van der Waals surface area contributed by atoms with Gasteiger partial charge in [0.1, 0.15) is 0 Å². The van der Waals surface area contributed by atoms with Crippen LogP contribution < -0.4 is 0 Å². The molecular formula is C40H24N2. The van der Waals surface area contributed by atoms with Gasteiger partial charge in [0.2, 0.25) is 0 Å². The van der Waals surface area contributed by atoms with E-state index in [1.165, 1.54) is 71.3 Å². The van der Waals surface area contributed by atoms with Crippen molar-refractivity contribution in [3.8, 4) is 55.9 Å². The van der Waals surface area contributed by atoms with Crippen molar-refractivity contribution in [2.75, 3.05) is 0 Å². The predicted octanol–water partition coefficient (Wildman–Crippen LogP) is 10.6. The number of pyridine rings is 2. The number of benzene rings is 6. The highest BCUT2D eigenvalue weighted by molar-refractivity contribution is 6.26.